The molecule has 0 spiro atoms. The maximum atomic E-state index is 12.2. The zero-order valence-corrected chi connectivity index (χ0v) is 11.4. The first-order valence-corrected chi connectivity index (χ1v) is 7.17. The van der Waals surface area contributed by atoms with Gasteiger partial charge in [0.25, 0.3) is 0 Å². The van der Waals surface area contributed by atoms with Gasteiger partial charge in [-0.3, -0.25) is 4.79 Å². The minimum atomic E-state index is -0.396. The second-order valence-corrected chi connectivity index (χ2v) is 5.00. The molecule has 0 atom stereocenters. The van der Waals surface area contributed by atoms with Gasteiger partial charge in [0.05, 0.1) is 6.61 Å². The van der Waals surface area contributed by atoms with E-state index in [1.807, 2.05) is 6.92 Å². The van der Waals surface area contributed by atoms with Crippen molar-refractivity contribution in [2.24, 2.45) is 0 Å². The maximum Gasteiger partial charge on any atom is 0.326 e. The van der Waals surface area contributed by atoms with Gasteiger partial charge in [0.1, 0.15) is 5.54 Å². The van der Waals surface area contributed by atoms with Crippen LogP contribution in [0.1, 0.15) is 65.2 Å². The molecule has 1 aliphatic carbocycles. The van der Waals surface area contributed by atoms with Crippen LogP contribution in [0.4, 0.5) is 0 Å². The molecule has 0 aliphatic heterocycles. The van der Waals surface area contributed by atoms with Crippen LogP contribution in [0.3, 0.4) is 0 Å². The van der Waals surface area contributed by atoms with Crippen molar-refractivity contribution in [3.8, 4) is 0 Å². The molecule has 1 rings (SSSR count). The fourth-order valence-corrected chi connectivity index (χ4v) is 2.60. The number of esters is 1. The van der Waals surface area contributed by atoms with E-state index in [-0.39, 0.29) is 5.97 Å². The number of carbonyl (C=O) groups excluding carboxylic acids is 1. The molecule has 0 saturated heterocycles. The molecule has 0 unspecified atom stereocenters. The second kappa shape index (κ2) is 7.70. The van der Waals surface area contributed by atoms with Crippen molar-refractivity contribution in [3.63, 3.8) is 0 Å². The van der Waals surface area contributed by atoms with Crippen molar-refractivity contribution in [2.45, 2.75) is 70.8 Å². The molecule has 3 heteroatoms. The van der Waals surface area contributed by atoms with Gasteiger partial charge in [-0.25, -0.2) is 0 Å². The van der Waals surface area contributed by atoms with Crippen LogP contribution in [0.2, 0.25) is 0 Å². The van der Waals surface area contributed by atoms with Crippen molar-refractivity contribution >= 4 is 5.97 Å². The standard InChI is InChI=1S/C14H27NO2/c1-3-12-15-14(13(16)17-4-2)10-8-6-5-7-9-11-14/h15H,3-12H2,1-2H3. The van der Waals surface area contributed by atoms with Crippen molar-refractivity contribution in [2.75, 3.05) is 13.2 Å². The van der Waals surface area contributed by atoms with E-state index in [2.05, 4.69) is 12.2 Å². The molecule has 0 aromatic carbocycles. The Hall–Kier alpha value is -0.570. The summed E-state index contributed by atoms with van der Waals surface area (Å²) >= 11 is 0. The fraction of sp³-hybridized carbons (Fsp3) is 0.929. The first-order chi connectivity index (χ1) is 8.25. The summed E-state index contributed by atoms with van der Waals surface area (Å²) in [6.07, 6.45) is 9.00. The molecule has 1 aliphatic rings. The minimum Gasteiger partial charge on any atom is -0.465 e. The molecule has 0 aromatic heterocycles. The van der Waals surface area contributed by atoms with Crippen LogP contribution in [-0.2, 0) is 9.53 Å². The summed E-state index contributed by atoms with van der Waals surface area (Å²) < 4.78 is 5.28. The van der Waals surface area contributed by atoms with Crippen molar-refractivity contribution in [3.05, 3.63) is 0 Å². The van der Waals surface area contributed by atoms with Gasteiger partial charge < -0.3 is 10.1 Å². The second-order valence-electron chi connectivity index (χ2n) is 5.00. The Morgan fingerprint density at radius 1 is 1.12 bits per heavy atom. The van der Waals surface area contributed by atoms with Crippen molar-refractivity contribution in [1.29, 1.82) is 0 Å². The van der Waals surface area contributed by atoms with Gasteiger partial charge in [-0.15, -0.1) is 0 Å². The Bertz CT molecular complexity index is 215. The quantitative estimate of drug-likeness (QED) is 0.752. The van der Waals surface area contributed by atoms with E-state index >= 15 is 0 Å². The van der Waals surface area contributed by atoms with E-state index in [4.69, 9.17) is 4.74 Å². The molecule has 1 fully saturated rings. The van der Waals surface area contributed by atoms with E-state index in [1.54, 1.807) is 0 Å². The SMILES string of the molecule is CCCNC1(C(=O)OCC)CCCCCCC1. The van der Waals surface area contributed by atoms with Crippen LogP contribution in [-0.4, -0.2) is 24.7 Å². The Kier molecular flexibility index (Phi) is 6.56. The number of nitrogens with one attached hydrogen (secondary N) is 1. The van der Waals surface area contributed by atoms with Gasteiger partial charge in [0.2, 0.25) is 0 Å². The van der Waals surface area contributed by atoms with E-state index < -0.39 is 5.54 Å². The average molecular weight is 241 g/mol. The average Bonchev–Trinajstić information content (AvgIpc) is 2.28. The number of hydrogen-bond donors (Lipinski definition) is 1. The Labute approximate surface area is 105 Å². The Balaban J connectivity index is 2.69. The predicted octanol–water partition coefficient (Wildman–Crippen LogP) is 3.03. The third kappa shape index (κ3) is 4.30. The summed E-state index contributed by atoms with van der Waals surface area (Å²) in [4.78, 5) is 12.2. The van der Waals surface area contributed by atoms with Crippen molar-refractivity contribution < 1.29 is 9.53 Å². The van der Waals surface area contributed by atoms with E-state index in [0.717, 1.165) is 38.6 Å². The van der Waals surface area contributed by atoms with Crippen LogP contribution in [0.15, 0.2) is 0 Å². The molecule has 1 N–H and O–H groups in total. The van der Waals surface area contributed by atoms with E-state index in [9.17, 15) is 4.79 Å². The Morgan fingerprint density at radius 2 is 1.71 bits per heavy atom. The molecular formula is C14H27NO2. The topological polar surface area (TPSA) is 38.3 Å². The highest BCUT2D eigenvalue weighted by atomic mass is 16.5. The number of ether oxygens (including phenoxy) is 1. The lowest BCUT2D eigenvalue weighted by atomic mass is 9.83. The van der Waals surface area contributed by atoms with Crippen LogP contribution in [0, 0.1) is 0 Å². The van der Waals surface area contributed by atoms with Crippen LogP contribution in [0.25, 0.3) is 0 Å². The number of hydrogen-bond acceptors (Lipinski definition) is 3. The van der Waals surface area contributed by atoms with Crippen molar-refractivity contribution in [1.82, 2.24) is 5.32 Å². The maximum absolute atomic E-state index is 12.2. The zero-order valence-electron chi connectivity index (χ0n) is 11.4. The molecule has 17 heavy (non-hydrogen) atoms. The Morgan fingerprint density at radius 3 is 2.24 bits per heavy atom. The lowest BCUT2D eigenvalue weighted by Gasteiger charge is -2.34. The smallest absolute Gasteiger partial charge is 0.326 e. The van der Waals surface area contributed by atoms with Crippen LogP contribution >= 0.6 is 0 Å². The van der Waals surface area contributed by atoms with Crippen LogP contribution in [0.5, 0.6) is 0 Å². The summed E-state index contributed by atoms with van der Waals surface area (Å²) in [5.74, 6) is -0.0321. The molecule has 3 nitrogen and oxygen atoms in total. The molecule has 0 heterocycles. The zero-order chi connectivity index (χ0) is 12.6. The predicted molar refractivity (Wildman–Crippen MR) is 70.0 cm³/mol. The molecule has 0 aromatic rings. The highest BCUT2D eigenvalue weighted by Crippen LogP contribution is 2.27. The van der Waals surface area contributed by atoms with Crippen LogP contribution < -0.4 is 5.32 Å². The third-order valence-electron chi connectivity index (χ3n) is 3.59. The fourth-order valence-electron chi connectivity index (χ4n) is 2.60. The highest BCUT2D eigenvalue weighted by Gasteiger charge is 2.38. The molecule has 0 bridgehead atoms. The highest BCUT2D eigenvalue weighted by molar-refractivity contribution is 5.80. The normalized spacial score (nSPS) is 20.4. The lowest BCUT2D eigenvalue weighted by Crippen LogP contribution is -2.53. The third-order valence-corrected chi connectivity index (χ3v) is 3.59. The lowest BCUT2D eigenvalue weighted by molar-refractivity contribution is -0.152. The minimum absolute atomic E-state index is 0.0321. The van der Waals surface area contributed by atoms with E-state index in [0.29, 0.717) is 6.61 Å². The van der Waals surface area contributed by atoms with Gasteiger partial charge in [-0.2, -0.15) is 0 Å². The molecular weight excluding hydrogens is 214 g/mol. The first-order valence-electron chi connectivity index (χ1n) is 7.17. The van der Waals surface area contributed by atoms with Gasteiger partial charge in [-0.1, -0.05) is 39.0 Å². The van der Waals surface area contributed by atoms with Gasteiger partial charge in [0, 0.05) is 0 Å². The number of carbonyl (C=O) groups is 1. The summed E-state index contributed by atoms with van der Waals surface area (Å²) in [6, 6.07) is 0. The first kappa shape index (κ1) is 14.5. The molecule has 1 saturated carbocycles. The summed E-state index contributed by atoms with van der Waals surface area (Å²) in [5, 5.41) is 3.46. The van der Waals surface area contributed by atoms with E-state index in [1.165, 1.54) is 19.3 Å². The largest absolute Gasteiger partial charge is 0.465 e. The van der Waals surface area contributed by atoms with Gasteiger partial charge in [0.15, 0.2) is 0 Å². The summed E-state index contributed by atoms with van der Waals surface area (Å²) in [5.41, 5.74) is -0.396. The van der Waals surface area contributed by atoms with Gasteiger partial charge >= 0.3 is 5.97 Å². The molecule has 0 amide bonds. The summed E-state index contributed by atoms with van der Waals surface area (Å²) in [6.45, 7) is 5.40. The monoisotopic (exact) mass is 241 g/mol. The number of rotatable bonds is 5. The molecule has 100 valence electrons. The summed E-state index contributed by atoms with van der Waals surface area (Å²) in [7, 11) is 0. The molecule has 0 radical (unpaired) electrons. The van der Waals surface area contributed by atoms with Gasteiger partial charge in [-0.05, 0) is 32.7 Å².